The lowest BCUT2D eigenvalue weighted by Gasteiger charge is -2.30. The SMILES string of the molecule is CC(C)N1CCc2c(sc(NC(=O)c3ccc(S(=O)(=O)N4CCCc5ccccc54)cc3)c2C(=O)N2CCCC2)C1. The lowest BCUT2D eigenvalue weighted by molar-refractivity contribution is 0.0792. The molecule has 0 bridgehead atoms. The van der Waals surface area contributed by atoms with Gasteiger partial charge >= 0.3 is 0 Å². The van der Waals surface area contributed by atoms with E-state index in [1.807, 2.05) is 29.2 Å². The van der Waals surface area contributed by atoms with E-state index < -0.39 is 10.0 Å². The fourth-order valence-corrected chi connectivity index (χ4v) is 8.89. The van der Waals surface area contributed by atoms with Gasteiger partial charge in [-0.2, -0.15) is 0 Å². The van der Waals surface area contributed by atoms with Crippen molar-refractivity contribution in [2.45, 2.75) is 63.4 Å². The molecule has 10 heteroatoms. The number of para-hydroxylation sites is 1. The van der Waals surface area contributed by atoms with Crippen molar-refractivity contribution in [2.75, 3.05) is 35.8 Å². The summed E-state index contributed by atoms with van der Waals surface area (Å²) in [6, 6.07) is 14.1. The van der Waals surface area contributed by atoms with Gasteiger partial charge in [-0.05, 0) is 87.4 Å². The predicted octanol–water partition coefficient (Wildman–Crippen LogP) is 5.14. The molecule has 0 atom stereocenters. The van der Waals surface area contributed by atoms with Gasteiger partial charge in [-0.25, -0.2) is 8.42 Å². The number of amides is 2. The quantitative estimate of drug-likeness (QED) is 0.428. The van der Waals surface area contributed by atoms with Gasteiger partial charge in [0.25, 0.3) is 21.8 Å². The minimum Gasteiger partial charge on any atom is -0.339 e. The van der Waals surface area contributed by atoms with E-state index in [0.29, 0.717) is 34.4 Å². The Morgan fingerprint density at radius 1 is 0.902 bits per heavy atom. The maximum Gasteiger partial charge on any atom is 0.264 e. The Balaban J connectivity index is 1.25. The number of carbonyl (C=O) groups excluding carboxylic acids is 2. The van der Waals surface area contributed by atoms with Crippen LogP contribution in [0, 0.1) is 0 Å². The monoisotopic (exact) mass is 592 g/mol. The van der Waals surface area contributed by atoms with Crippen molar-refractivity contribution in [3.05, 3.63) is 75.7 Å². The molecule has 2 amide bonds. The van der Waals surface area contributed by atoms with E-state index in [1.165, 1.54) is 27.8 Å². The van der Waals surface area contributed by atoms with Gasteiger partial charge in [0.15, 0.2) is 0 Å². The molecule has 0 saturated carbocycles. The van der Waals surface area contributed by atoms with Crippen molar-refractivity contribution in [3.63, 3.8) is 0 Å². The summed E-state index contributed by atoms with van der Waals surface area (Å²) >= 11 is 1.49. The number of benzene rings is 2. The molecule has 41 heavy (non-hydrogen) atoms. The highest BCUT2D eigenvalue weighted by Crippen LogP contribution is 2.39. The van der Waals surface area contributed by atoms with Crippen LogP contribution in [0.4, 0.5) is 10.7 Å². The van der Waals surface area contributed by atoms with Crippen molar-refractivity contribution < 1.29 is 18.0 Å². The predicted molar refractivity (Wildman–Crippen MR) is 162 cm³/mol. The smallest absolute Gasteiger partial charge is 0.264 e. The zero-order chi connectivity index (χ0) is 28.7. The number of likely N-dealkylation sites (tertiary alicyclic amines) is 1. The van der Waals surface area contributed by atoms with E-state index >= 15 is 0 Å². The molecule has 216 valence electrons. The highest BCUT2D eigenvalue weighted by Gasteiger charge is 2.33. The Hall–Kier alpha value is -3.21. The first-order valence-electron chi connectivity index (χ1n) is 14.4. The summed E-state index contributed by atoms with van der Waals surface area (Å²) in [6.07, 6.45) is 4.39. The third-order valence-corrected chi connectivity index (χ3v) is 11.4. The number of carbonyl (C=O) groups is 2. The van der Waals surface area contributed by atoms with E-state index in [4.69, 9.17) is 0 Å². The normalized spacial score (nSPS) is 17.4. The van der Waals surface area contributed by atoms with Crippen LogP contribution in [0.5, 0.6) is 0 Å². The molecular formula is C31H36N4O4S2. The molecule has 1 saturated heterocycles. The molecule has 8 nitrogen and oxygen atoms in total. The van der Waals surface area contributed by atoms with Crippen molar-refractivity contribution in [1.82, 2.24) is 9.80 Å². The highest BCUT2D eigenvalue weighted by atomic mass is 32.2. The van der Waals surface area contributed by atoms with Gasteiger partial charge in [0.1, 0.15) is 5.00 Å². The Bertz CT molecular complexity index is 1570. The molecule has 3 aliphatic rings. The van der Waals surface area contributed by atoms with Crippen LogP contribution >= 0.6 is 11.3 Å². The van der Waals surface area contributed by atoms with Crippen LogP contribution in [0.2, 0.25) is 0 Å². The summed E-state index contributed by atoms with van der Waals surface area (Å²) in [5, 5.41) is 3.61. The molecule has 4 heterocycles. The standard InChI is InChI=1S/C31H36N4O4S2/c1-21(2)34-19-15-25-27(20-34)40-30(28(25)31(37)33-16-5-6-17-33)32-29(36)23-11-13-24(14-12-23)41(38,39)35-18-7-9-22-8-3-4-10-26(22)35/h3-4,8,10-14,21H,5-7,9,15-20H2,1-2H3,(H,32,36). The van der Waals surface area contributed by atoms with Gasteiger partial charge in [0, 0.05) is 49.2 Å². The zero-order valence-corrected chi connectivity index (χ0v) is 25.2. The number of hydrogen-bond donors (Lipinski definition) is 1. The van der Waals surface area contributed by atoms with Gasteiger partial charge in [-0.1, -0.05) is 18.2 Å². The Labute approximate surface area is 246 Å². The van der Waals surface area contributed by atoms with Crippen LogP contribution in [-0.2, 0) is 29.4 Å². The number of aryl methyl sites for hydroxylation is 1. The summed E-state index contributed by atoms with van der Waals surface area (Å²) < 4.78 is 28.5. The van der Waals surface area contributed by atoms with Crippen LogP contribution < -0.4 is 9.62 Å². The second-order valence-electron chi connectivity index (χ2n) is 11.3. The summed E-state index contributed by atoms with van der Waals surface area (Å²) in [5.74, 6) is -0.358. The summed E-state index contributed by atoms with van der Waals surface area (Å²) in [6.45, 7) is 7.90. The molecule has 0 unspecified atom stereocenters. The highest BCUT2D eigenvalue weighted by molar-refractivity contribution is 7.92. The molecule has 0 aliphatic carbocycles. The Kier molecular flexibility index (Phi) is 7.65. The van der Waals surface area contributed by atoms with Crippen LogP contribution in [0.15, 0.2) is 53.4 Å². The van der Waals surface area contributed by atoms with Crippen LogP contribution in [0.3, 0.4) is 0 Å². The fourth-order valence-electron chi connectivity index (χ4n) is 6.09. The van der Waals surface area contributed by atoms with Crippen LogP contribution in [-0.4, -0.2) is 62.3 Å². The first-order valence-corrected chi connectivity index (χ1v) is 16.7. The second kappa shape index (κ2) is 11.2. The number of nitrogens with zero attached hydrogens (tertiary/aromatic N) is 3. The van der Waals surface area contributed by atoms with Crippen molar-refractivity contribution in [1.29, 1.82) is 0 Å². The Morgan fingerprint density at radius 2 is 1.63 bits per heavy atom. The van der Waals surface area contributed by atoms with Gasteiger partial charge in [0.05, 0.1) is 16.1 Å². The van der Waals surface area contributed by atoms with Crippen molar-refractivity contribution in [2.24, 2.45) is 0 Å². The number of hydrogen-bond acceptors (Lipinski definition) is 6. The molecule has 1 fully saturated rings. The first-order chi connectivity index (χ1) is 19.7. The maximum absolute atomic E-state index is 13.6. The summed E-state index contributed by atoms with van der Waals surface area (Å²) in [5.41, 5.74) is 3.77. The lowest BCUT2D eigenvalue weighted by Crippen LogP contribution is -2.36. The molecule has 3 aliphatic heterocycles. The van der Waals surface area contributed by atoms with Gasteiger partial charge in [-0.15, -0.1) is 11.3 Å². The van der Waals surface area contributed by atoms with E-state index in [1.54, 1.807) is 12.1 Å². The van der Waals surface area contributed by atoms with Crippen molar-refractivity contribution in [3.8, 4) is 0 Å². The lowest BCUT2D eigenvalue weighted by atomic mass is 10.0. The number of anilines is 2. The zero-order valence-electron chi connectivity index (χ0n) is 23.6. The third kappa shape index (κ3) is 5.29. The van der Waals surface area contributed by atoms with E-state index in [9.17, 15) is 18.0 Å². The number of rotatable bonds is 6. The number of fused-ring (bicyclic) bond motifs is 2. The number of thiophene rings is 1. The molecule has 3 aromatic rings. The molecule has 1 N–H and O–H groups in total. The number of sulfonamides is 1. The van der Waals surface area contributed by atoms with Crippen molar-refractivity contribution >= 4 is 43.9 Å². The summed E-state index contributed by atoms with van der Waals surface area (Å²) in [4.78, 5) is 32.6. The van der Waals surface area contributed by atoms with Gasteiger partial charge in [0.2, 0.25) is 0 Å². The minimum atomic E-state index is -3.77. The average molecular weight is 593 g/mol. The third-order valence-electron chi connectivity index (χ3n) is 8.42. The second-order valence-corrected chi connectivity index (χ2v) is 14.3. The maximum atomic E-state index is 13.6. The largest absolute Gasteiger partial charge is 0.339 e. The minimum absolute atomic E-state index is 0.00319. The first kappa shape index (κ1) is 27.9. The fraction of sp³-hybridized carbons (Fsp3) is 0.419. The van der Waals surface area contributed by atoms with E-state index in [-0.39, 0.29) is 16.7 Å². The molecule has 0 spiro atoms. The molecule has 1 aromatic heterocycles. The molecule has 2 aromatic carbocycles. The molecule has 0 radical (unpaired) electrons. The van der Waals surface area contributed by atoms with E-state index in [0.717, 1.165) is 74.3 Å². The Morgan fingerprint density at radius 3 is 2.37 bits per heavy atom. The average Bonchev–Trinajstić information content (AvgIpc) is 3.64. The topological polar surface area (TPSA) is 90.0 Å². The van der Waals surface area contributed by atoms with Gasteiger partial charge < -0.3 is 10.2 Å². The van der Waals surface area contributed by atoms with Crippen LogP contribution in [0.25, 0.3) is 0 Å². The van der Waals surface area contributed by atoms with Gasteiger partial charge in [-0.3, -0.25) is 18.8 Å². The molecule has 6 rings (SSSR count). The molecular weight excluding hydrogens is 556 g/mol. The summed E-state index contributed by atoms with van der Waals surface area (Å²) in [7, 11) is -3.77. The number of nitrogens with one attached hydrogen (secondary N) is 1. The van der Waals surface area contributed by atoms with Crippen LogP contribution in [0.1, 0.15) is 69.8 Å². The van der Waals surface area contributed by atoms with E-state index in [2.05, 4.69) is 24.1 Å².